The third kappa shape index (κ3) is 14.6. The van der Waals surface area contributed by atoms with Crippen LogP contribution in [0.25, 0.3) is 0 Å². The number of ether oxygens (including phenoxy) is 13. The van der Waals surface area contributed by atoms with E-state index in [0.717, 1.165) is 13.8 Å². The van der Waals surface area contributed by atoms with Gasteiger partial charge in [0.05, 0.1) is 46.2 Å². The SMILES string of the molecule is CC(=O)N[C@H]1[C@H](O[C@H]2[C@@H](O)[C@@H](CO)O[C@H](O[C@H]3[C@@H](O)[C@@H](CO)O[C@@H](O[C@H]4[C@H](O)[C@@H](NC(C)=O)[C@H](O[C@H]5[C@@H](O)[C@@H](CO)O[C@@H](O[C@H]6[C@H](O)[C@@H](O)[C@@H](O)O[C@@H]6CO)[C@@H]5O)O[C@@H]4CO)[C@@H]3O)[C@@H]2O)O[C@H](CO)[C@@H](O[C@@H]2O[C@H](CO)[C@H](O)[C@H](O)[C@H]2O)[C@@H]1O. The number of aliphatic hydroxyl groups excluding tert-OH is 21. The van der Waals surface area contributed by atoms with Crippen molar-refractivity contribution in [2.75, 3.05) is 46.2 Å². The Morgan fingerprint density at radius 2 is 0.548 bits per heavy atom. The molecule has 38 nitrogen and oxygen atoms in total. The van der Waals surface area contributed by atoms with Crippen LogP contribution in [-0.4, -0.2) is 380 Å². The number of rotatable bonds is 21. The lowest BCUT2D eigenvalue weighted by Gasteiger charge is -2.51. The van der Waals surface area contributed by atoms with Crippen molar-refractivity contribution in [1.29, 1.82) is 0 Å². The molecule has 0 radical (unpaired) electrons. The van der Waals surface area contributed by atoms with Crippen molar-refractivity contribution < 1.29 is 178 Å². The van der Waals surface area contributed by atoms with Crippen LogP contribution >= 0.6 is 0 Å². The van der Waals surface area contributed by atoms with E-state index < -0.39 is 273 Å². The van der Waals surface area contributed by atoms with E-state index >= 15 is 0 Å². The highest BCUT2D eigenvalue weighted by atomic mass is 16.8. The highest BCUT2D eigenvalue weighted by molar-refractivity contribution is 5.73. The van der Waals surface area contributed by atoms with E-state index in [2.05, 4.69) is 10.6 Å². The summed E-state index contributed by atoms with van der Waals surface area (Å²) in [6.45, 7) is -5.08. The van der Waals surface area contributed by atoms with Gasteiger partial charge in [-0.15, -0.1) is 0 Å². The predicted molar refractivity (Wildman–Crippen MR) is 255 cm³/mol. The summed E-state index contributed by atoms with van der Waals surface area (Å²) in [5.74, 6) is -1.74. The van der Waals surface area contributed by atoms with Crippen LogP contribution in [0.15, 0.2) is 0 Å². The number of carbonyl (C=O) groups is 2. The summed E-state index contributed by atoms with van der Waals surface area (Å²) in [6.07, 6.45) is -64.4. The molecule has 0 spiro atoms. The summed E-state index contributed by atoms with van der Waals surface area (Å²) in [5.41, 5.74) is 0. The van der Waals surface area contributed by atoms with Gasteiger partial charge >= 0.3 is 0 Å². The van der Waals surface area contributed by atoms with Crippen molar-refractivity contribution in [2.45, 2.75) is 229 Å². The molecule has 84 heavy (non-hydrogen) atoms. The van der Waals surface area contributed by atoms with Gasteiger partial charge in [0.2, 0.25) is 11.8 Å². The molecule has 2 amide bonds. The topological polar surface area (TPSA) is 603 Å². The van der Waals surface area contributed by atoms with Gasteiger partial charge in [0, 0.05) is 13.8 Å². The van der Waals surface area contributed by atoms with E-state index in [1.165, 1.54) is 0 Å². The second kappa shape index (κ2) is 29.9. The molecule has 0 aromatic carbocycles. The number of nitrogens with one attached hydrogen (secondary N) is 2. The number of hydrogen-bond acceptors (Lipinski definition) is 36. The zero-order valence-electron chi connectivity index (χ0n) is 44.7. The maximum Gasteiger partial charge on any atom is 0.217 e. The molecule has 0 saturated carbocycles. The molecular formula is C46H78N2O36. The molecule has 35 atom stereocenters. The average Bonchev–Trinajstić information content (AvgIpc) is 3.06. The fraction of sp³-hybridized carbons (Fsp3) is 0.957. The van der Waals surface area contributed by atoms with Gasteiger partial charge in [-0.1, -0.05) is 0 Å². The fourth-order valence-corrected chi connectivity index (χ4v) is 10.8. The van der Waals surface area contributed by atoms with Gasteiger partial charge in [0.1, 0.15) is 171 Å². The lowest BCUT2D eigenvalue weighted by atomic mass is 9.94. The van der Waals surface area contributed by atoms with E-state index in [1.54, 1.807) is 0 Å². The number of amides is 2. The molecular weight excluding hydrogens is 1160 g/mol. The third-order valence-electron chi connectivity index (χ3n) is 15.3. The van der Waals surface area contributed by atoms with Crippen molar-refractivity contribution in [3.63, 3.8) is 0 Å². The Morgan fingerprint density at radius 3 is 0.869 bits per heavy atom. The minimum atomic E-state index is -2.30. The van der Waals surface area contributed by atoms with E-state index in [-0.39, 0.29) is 0 Å². The molecule has 488 valence electrons. The summed E-state index contributed by atoms with van der Waals surface area (Å²) in [5, 5.41) is 231. The Labute approximate surface area is 475 Å². The monoisotopic (exact) mass is 1230 g/mol. The summed E-state index contributed by atoms with van der Waals surface area (Å²) in [7, 11) is 0. The first-order valence-corrected chi connectivity index (χ1v) is 26.6. The molecule has 0 bridgehead atoms. The van der Waals surface area contributed by atoms with Gasteiger partial charge in [0.25, 0.3) is 0 Å². The zero-order chi connectivity index (χ0) is 61.9. The van der Waals surface area contributed by atoms with Gasteiger partial charge in [0.15, 0.2) is 44.0 Å². The lowest BCUT2D eigenvalue weighted by Crippen LogP contribution is -2.70. The second-order valence-corrected chi connectivity index (χ2v) is 21.0. The third-order valence-corrected chi connectivity index (χ3v) is 15.3. The van der Waals surface area contributed by atoms with E-state index in [4.69, 9.17) is 61.6 Å². The molecule has 7 fully saturated rings. The maximum atomic E-state index is 12.7. The normalized spacial score (nSPS) is 50.3. The first kappa shape index (κ1) is 69.1. The quantitative estimate of drug-likeness (QED) is 0.0507. The molecule has 0 aliphatic carbocycles. The van der Waals surface area contributed by atoms with Crippen molar-refractivity contribution in [3.05, 3.63) is 0 Å². The van der Waals surface area contributed by atoms with E-state index in [0.29, 0.717) is 0 Å². The van der Waals surface area contributed by atoms with Crippen molar-refractivity contribution in [1.82, 2.24) is 10.6 Å². The average molecular weight is 1240 g/mol. The summed E-state index contributed by atoms with van der Waals surface area (Å²) >= 11 is 0. The Hall–Kier alpha value is -2.42. The van der Waals surface area contributed by atoms with Gasteiger partial charge < -0.3 is 179 Å². The highest BCUT2D eigenvalue weighted by Crippen LogP contribution is 2.38. The van der Waals surface area contributed by atoms with Crippen molar-refractivity contribution in [3.8, 4) is 0 Å². The van der Waals surface area contributed by atoms with Crippen LogP contribution in [-0.2, 0) is 71.2 Å². The van der Waals surface area contributed by atoms with Crippen LogP contribution in [0.3, 0.4) is 0 Å². The largest absolute Gasteiger partial charge is 0.394 e. The molecule has 23 N–H and O–H groups in total. The lowest BCUT2D eigenvalue weighted by molar-refractivity contribution is -0.392. The van der Waals surface area contributed by atoms with Crippen LogP contribution in [0.5, 0.6) is 0 Å². The van der Waals surface area contributed by atoms with Crippen LogP contribution in [0.4, 0.5) is 0 Å². The standard InChI is InChI=1S/C46H78N2O36/c1-10(56)47-19-25(62)34(79-43-30(67)27(64)21(58)12(3-49)73-43)17(8-54)77-41(19)83-38-23(60)14(5-51)76-46(32(38)69)84-39-24(61)15(6-52)74-44(33(39)70)80-35-18(9-55)78-42(20(26(35)63)48-11(2)57)82-37-22(59)13(4-50)75-45(31(37)68)81-36-16(7-53)72-40(71)29(66)28(36)65/h12-46,49-55,58-71H,3-9H2,1-2H3,(H,47,56)(H,48,57)/t12-,13-,14-,15-,16-,17-,18-,19-,20-,21+,22+,23+,24+,25-,26-,27+,28-,29-,30-,31-,32-,33-,34-,35-,36-,37+,38+,39+,40+,41+,42+,43+,44+,45+,46-/m1/s1. The first-order chi connectivity index (χ1) is 39.8. The Balaban J connectivity index is 1.08. The van der Waals surface area contributed by atoms with Gasteiger partial charge in [-0.25, -0.2) is 0 Å². The van der Waals surface area contributed by atoms with Crippen molar-refractivity contribution >= 4 is 11.8 Å². The van der Waals surface area contributed by atoms with Crippen LogP contribution in [0.1, 0.15) is 13.8 Å². The van der Waals surface area contributed by atoms with E-state index in [9.17, 15) is 117 Å². The Kier molecular flexibility index (Phi) is 24.6. The first-order valence-electron chi connectivity index (χ1n) is 26.6. The minimum Gasteiger partial charge on any atom is -0.394 e. The summed E-state index contributed by atoms with van der Waals surface area (Å²) < 4.78 is 74.0. The minimum absolute atomic E-state index is 0.854. The van der Waals surface area contributed by atoms with Crippen LogP contribution in [0.2, 0.25) is 0 Å². The molecule has 7 heterocycles. The van der Waals surface area contributed by atoms with Gasteiger partial charge in [-0.05, 0) is 0 Å². The number of hydrogen-bond donors (Lipinski definition) is 23. The van der Waals surface area contributed by atoms with Gasteiger partial charge in [-0.3, -0.25) is 9.59 Å². The smallest absolute Gasteiger partial charge is 0.217 e. The zero-order valence-corrected chi connectivity index (χ0v) is 44.7. The summed E-state index contributed by atoms with van der Waals surface area (Å²) in [6, 6.07) is -3.61. The van der Waals surface area contributed by atoms with Gasteiger partial charge in [-0.2, -0.15) is 0 Å². The molecule has 0 aromatic heterocycles. The fourth-order valence-electron chi connectivity index (χ4n) is 10.8. The highest BCUT2D eigenvalue weighted by Gasteiger charge is 2.59. The van der Waals surface area contributed by atoms with Crippen LogP contribution in [0, 0.1) is 0 Å². The Morgan fingerprint density at radius 1 is 0.286 bits per heavy atom. The predicted octanol–water partition coefficient (Wildman–Crippen LogP) is -16.0. The summed E-state index contributed by atoms with van der Waals surface area (Å²) in [4.78, 5) is 25.2. The van der Waals surface area contributed by atoms with E-state index in [1.807, 2.05) is 0 Å². The molecule has 7 saturated heterocycles. The molecule has 7 rings (SSSR count). The maximum absolute atomic E-state index is 12.7. The molecule has 0 unspecified atom stereocenters. The number of carbonyl (C=O) groups excluding carboxylic acids is 2. The molecule has 38 heteroatoms. The molecule has 7 aliphatic heterocycles. The van der Waals surface area contributed by atoms with Crippen molar-refractivity contribution in [2.24, 2.45) is 0 Å². The molecule has 0 aromatic rings. The second-order valence-electron chi connectivity index (χ2n) is 21.0. The number of aliphatic hydroxyl groups is 21. The van der Waals surface area contributed by atoms with Crippen LogP contribution < -0.4 is 10.6 Å². The molecule has 7 aliphatic rings. The Bertz CT molecular complexity index is 2060.